The highest BCUT2D eigenvalue weighted by Gasteiger charge is 2.16. The Balaban J connectivity index is 1.17. The van der Waals surface area contributed by atoms with E-state index >= 15 is 0 Å². The second-order valence-corrected chi connectivity index (χ2v) is 12.5. The predicted molar refractivity (Wildman–Crippen MR) is 180 cm³/mol. The number of benzene rings is 3. The van der Waals surface area contributed by atoms with E-state index < -0.39 is 0 Å². The lowest BCUT2D eigenvalue weighted by Gasteiger charge is -2.12. The van der Waals surface area contributed by atoms with E-state index in [4.69, 9.17) is 9.84 Å². The van der Waals surface area contributed by atoms with Crippen LogP contribution in [0.1, 0.15) is 31.2 Å². The van der Waals surface area contributed by atoms with Crippen molar-refractivity contribution >= 4 is 21.8 Å². The van der Waals surface area contributed by atoms with Gasteiger partial charge in [-0.2, -0.15) is 5.10 Å². The molecule has 1 saturated carbocycles. The van der Waals surface area contributed by atoms with Gasteiger partial charge in [0.2, 0.25) is 0 Å². The van der Waals surface area contributed by atoms with E-state index in [-0.39, 0.29) is 5.82 Å². The summed E-state index contributed by atoms with van der Waals surface area (Å²) in [6.45, 7) is 3.14. The second kappa shape index (κ2) is 12.8. The highest BCUT2D eigenvalue weighted by atomic mass is 19.1. The van der Waals surface area contributed by atoms with Crippen molar-refractivity contribution in [2.75, 3.05) is 33.8 Å². The van der Waals surface area contributed by atoms with Gasteiger partial charge in [0.15, 0.2) is 0 Å². The largest absolute Gasteiger partial charge is 0.492 e. The molecular formula is C37H39FN6O. The molecule has 0 spiro atoms. The zero-order chi connectivity index (χ0) is 30.8. The van der Waals surface area contributed by atoms with Crippen LogP contribution in [-0.4, -0.2) is 58.9 Å². The number of nitrogens with zero attached hydrogens (tertiary/aromatic N) is 3. The van der Waals surface area contributed by atoms with Crippen molar-refractivity contribution in [1.29, 1.82) is 0 Å². The first-order valence-electron chi connectivity index (χ1n) is 15.8. The van der Waals surface area contributed by atoms with Crippen molar-refractivity contribution in [3.05, 3.63) is 90.5 Å². The van der Waals surface area contributed by atoms with Crippen LogP contribution in [0.25, 0.3) is 55.4 Å². The van der Waals surface area contributed by atoms with Crippen LogP contribution in [0.2, 0.25) is 0 Å². The average molecular weight is 603 g/mol. The topological polar surface area (TPSA) is 81.9 Å². The molecule has 230 valence electrons. The van der Waals surface area contributed by atoms with Gasteiger partial charge in [-0.05, 0) is 104 Å². The van der Waals surface area contributed by atoms with Gasteiger partial charge in [0.1, 0.15) is 23.9 Å². The van der Waals surface area contributed by atoms with Crippen LogP contribution in [0.4, 0.5) is 4.39 Å². The number of nitrogens with one attached hydrogen (secondary N) is 3. The zero-order valence-corrected chi connectivity index (χ0v) is 25.9. The lowest BCUT2D eigenvalue weighted by Crippen LogP contribution is -2.20. The van der Waals surface area contributed by atoms with Gasteiger partial charge in [0.05, 0.1) is 11.2 Å². The van der Waals surface area contributed by atoms with E-state index in [0.29, 0.717) is 12.4 Å². The number of pyridine rings is 1. The third-order valence-electron chi connectivity index (χ3n) is 8.84. The molecule has 3 aromatic carbocycles. The van der Waals surface area contributed by atoms with Crippen LogP contribution in [-0.2, 0) is 6.54 Å². The molecule has 0 bridgehead atoms. The number of aromatic amines is 2. The van der Waals surface area contributed by atoms with E-state index in [1.165, 1.54) is 37.3 Å². The number of likely N-dealkylation sites (N-methyl/N-ethyl adjacent to an activating group) is 1. The number of fused-ring (bicyclic) bond motifs is 2. The molecule has 3 N–H and O–H groups in total. The summed E-state index contributed by atoms with van der Waals surface area (Å²) in [4.78, 5) is 10.1. The molecule has 7 rings (SSSR count). The molecule has 0 radical (unpaired) electrons. The summed E-state index contributed by atoms with van der Waals surface area (Å²) in [5.41, 5.74) is 8.69. The molecule has 0 atom stereocenters. The van der Waals surface area contributed by atoms with Gasteiger partial charge in [-0.3, -0.25) is 10.1 Å². The maximum absolute atomic E-state index is 14.7. The fraction of sp³-hybridized carbons (Fsp3) is 0.297. The van der Waals surface area contributed by atoms with Gasteiger partial charge in [0.25, 0.3) is 0 Å². The van der Waals surface area contributed by atoms with Crippen molar-refractivity contribution in [3.63, 3.8) is 0 Å². The molecule has 1 aliphatic carbocycles. The minimum absolute atomic E-state index is 0.325. The second-order valence-electron chi connectivity index (χ2n) is 12.5. The predicted octanol–water partition coefficient (Wildman–Crippen LogP) is 7.80. The van der Waals surface area contributed by atoms with Gasteiger partial charge in [0, 0.05) is 53.4 Å². The maximum atomic E-state index is 14.7. The van der Waals surface area contributed by atoms with E-state index in [1.54, 1.807) is 6.07 Å². The van der Waals surface area contributed by atoms with Crippen molar-refractivity contribution in [1.82, 2.24) is 30.4 Å². The first kappa shape index (κ1) is 29.2. The minimum Gasteiger partial charge on any atom is -0.492 e. The number of hydrogen-bond acceptors (Lipinski definition) is 5. The zero-order valence-electron chi connectivity index (χ0n) is 25.9. The van der Waals surface area contributed by atoms with E-state index in [1.807, 2.05) is 55.7 Å². The summed E-state index contributed by atoms with van der Waals surface area (Å²) in [6, 6.07) is 21.6. The lowest BCUT2D eigenvalue weighted by molar-refractivity contribution is 0.260. The molecule has 8 heteroatoms. The van der Waals surface area contributed by atoms with Crippen LogP contribution in [0, 0.1) is 11.7 Å². The fourth-order valence-electron chi connectivity index (χ4n) is 6.46. The molecule has 45 heavy (non-hydrogen) atoms. The molecule has 3 heterocycles. The van der Waals surface area contributed by atoms with Crippen molar-refractivity contribution in [2.24, 2.45) is 5.92 Å². The van der Waals surface area contributed by atoms with Crippen LogP contribution in [0.3, 0.4) is 0 Å². The lowest BCUT2D eigenvalue weighted by atomic mass is 10.0. The Bertz CT molecular complexity index is 1940. The molecule has 0 saturated heterocycles. The summed E-state index contributed by atoms with van der Waals surface area (Å²) in [5, 5.41) is 13.6. The average Bonchev–Trinajstić information content (AvgIpc) is 3.80. The standard InChI is InChI=1S/C37H39FN6O/c1-44(2)12-13-45-30-16-27(15-29(38)18-30)31-8-5-9-34-32(31)19-36(41-34)37-33-17-26(10-11-35(33)42-43-37)28-14-25(22-40-23-28)21-39-20-24-6-3-4-7-24/h5,8-11,14-19,22-24,39,41H,3-4,6-7,12-13,20-21H2,1-2H3,(H,42,43). The third kappa shape index (κ3) is 6.48. The van der Waals surface area contributed by atoms with E-state index in [9.17, 15) is 4.39 Å². The van der Waals surface area contributed by atoms with Gasteiger partial charge in [-0.1, -0.05) is 31.0 Å². The Labute approximate surface area is 262 Å². The van der Waals surface area contributed by atoms with Crippen LogP contribution >= 0.6 is 0 Å². The maximum Gasteiger partial charge on any atom is 0.127 e. The Kier molecular flexibility index (Phi) is 8.33. The van der Waals surface area contributed by atoms with Crippen molar-refractivity contribution in [2.45, 2.75) is 32.2 Å². The van der Waals surface area contributed by atoms with Gasteiger partial charge < -0.3 is 19.9 Å². The smallest absolute Gasteiger partial charge is 0.127 e. The Morgan fingerprint density at radius 3 is 2.67 bits per heavy atom. The Hall–Kier alpha value is -4.53. The summed E-state index contributed by atoms with van der Waals surface area (Å²) >= 11 is 0. The number of rotatable bonds is 11. The van der Waals surface area contributed by atoms with Crippen LogP contribution < -0.4 is 10.1 Å². The monoisotopic (exact) mass is 602 g/mol. The molecule has 0 amide bonds. The molecule has 3 aromatic heterocycles. The van der Waals surface area contributed by atoms with Crippen molar-refractivity contribution in [3.8, 4) is 39.4 Å². The number of ether oxygens (including phenoxy) is 1. The summed E-state index contributed by atoms with van der Waals surface area (Å²) in [5.74, 6) is 1.00. The number of aromatic nitrogens is 4. The highest BCUT2D eigenvalue weighted by Crippen LogP contribution is 2.36. The van der Waals surface area contributed by atoms with Gasteiger partial charge in [-0.25, -0.2) is 4.39 Å². The molecule has 7 nitrogen and oxygen atoms in total. The number of hydrogen-bond donors (Lipinski definition) is 3. The van der Waals surface area contributed by atoms with E-state index in [0.717, 1.165) is 81.0 Å². The normalized spacial score (nSPS) is 13.9. The van der Waals surface area contributed by atoms with Crippen molar-refractivity contribution < 1.29 is 9.13 Å². The quantitative estimate of drug-likeness (QED) is 0.141. The van der Waals surface area contributed by atoms with E-state index in [2.05, 4.69) is 50.7 Å². The summed E-state index contributed by atoms with van der Waals surface area (Å²) < 4.78 is 20.6. The molecule has 1 fully saturated rings. The Morgan fingerprint density at radius 2 is 1.80 bits per heavy atom. The highest BCUT2D eigenvalue weighted by molar-refractivity contribution is 6.02. The Morgan fingerprint density at radius 1 is 0.911 bits per heavy atom. The van der Waals surface area contributed by atoms with Gasteiger partial charge >= 0.3 is 0 Å². The number of H-pyrrole nitrogens is 2. The molecule has 0 unspecified atom stereocenters. The van der Waals surface area contributed by atoms with Gasteiger partial charge in [-0.15, -0.1) is 0 Å². The summed E-state index contributed by atoms with van der Waals surface area (Å²) in [7, 11) is 3.97. The fourth-order valence-corrected chi connectivity index (χ4v) is 6.46. The molecular weight excluding hydrogens is 563 g/mol. The van der Waals surface area contributed by atoms with Crippen LogP contribution in [0.15, 0.2) is 79.1 Å². The summed E-state index contributed by atoms with van der Waals surface area (Å²) in [6.07, 6.45) is 9.29. The molecule has 6 aromatic rings. The molecule has 0 aliphatic heterocycles. The minimum atomic E-state index is -0.325. The number of halogens is 1. The first-order valence-corrected chi connectivity index (χ1v) is 15.8. The third-order valence-corrected chi connectivity index (χ3v) is 8.84. The molecule has 1 aliphatic rings. The SMILES string of the molecule is CN(C)CCOc1cc(F)cc(-c2cccc3[nH]c(-c4n[nH]c5ccc(-c6cncc(CNCC7CCCC7)c6)cc45)cc23)c1. The van der Waals surface area contributed by atoms with Crippen LogP contribution in [0.5, 0.6) is 5.75 Å². The first-order chi connectivity index (χ1) is 22.0.